The fraction of sp³-hybridized carbons (Fsp3) is 0.421. The SMILES string of the molecule is CC(Cc1cccc2ccccc12)N1CCCC(C(=O)O)C1. The summed E-state index contributed by atoms with van der Waals surface area (Å²) in [5, 5.41) is 11.8. The monoisotopic (exact) mass is 297 g/mol. The van der Waals surface area contributed by atoms with Crippen LogP contribution in [0.3, 0.4) is 0 Å². The molecule has 0 aromatic heterocycles. The van der Waals surface area contributed by atoms with Crippen LogP contribution in [0, 0.1) is 5.92 Å². The summed E-state index contributed by atoms with van der Waals surface area (Å²) in [6.45, 7) is 3.91. The second-order valence-electron chi connectivity index (χ2n) is 6.36. The van der Waals surface area contributed by atoms with E-state index in [9.17, 15) is 9.90 Å². The summed E-state index contributed by atoms with van der Waals surface area (Å²) in [5.41, 5.74) is 1.35. The maximum absolute atomic E-state index is 11.2. The quantitative estimate of drug-likeness (QED) is 0.938. The van der Waals surface area contributed by atoms with Crippen molar-refractivity contribution in [1.82, 2.24) is 4.90 Å². The molecule has 0 saturated carbocycles. The first-order valence-electron chi connectivity index (χ1n) is 8.08. The van der Waals surface area contributed by atoms with Gasteiger partial charge in [0.05, 0.1) is 5.92 Å². The van der Waals surface area contributed by atoms with Gasteiger partial charge in [-0.25, -0.2) is 0 Å². The van der Waals surface area contributed by atoms with Gasteiger partial charge in [0.25, 0.3) is 0 Å². The van der Waals surface area contributed by atoms with Crippen LogP contribution in [0.4, 0.5) is 0 Å². The number of piperidine rings is 1. The van der Waals surface area contributed by atoms with Gasteiger partial charge in [0.2, 0.25) is 0 Å². The van der Waals surface area contributed by atoms with E-state index in [1.54, 1.807) is 0 Å². The van der Waals surface area contributed by atoms with E-state index in [1.807, 2.05) is 0 Å². The second-order valence-corrected chi connectivity index (χ2v) is 6.36. The van der Waals surface area contributed by atoms with Crippen molar-refractivity contribution < 1.29 is 9.90 Å². The molecule has 2 atom stereocenters. The van der Waals surface area contributed by atoms with Crippen LogP contribution < -0.4 is 0 Å². The third-order valence-electron chi connectivity index (χ3n) is 4.82. The van der Waals surface area contributed by atoms with E-state index < -0.39 is 5.97 Å². The lowest BCUT2D eigenvalue weighted by atomic mass is 9.94. The van der Waals surface area contributed by atoms with Crippen molar-refractivity contribution in [1.29, 1.82) is 0 Å². The standard InChI is InChI=1S/C19H23NO2/c1-14(20-11-5-9-17(13-20)19(21)22)12-16-8-4-7-15-6-2-3-10-18(15)16/h2-4,6-8,10,14,17H,5,9,11-13H2,1H3,(H,21,22). The molecule has 0 spiro atoms. The number of nitrogens with zero attached hydrogens (tertiary/aromatic N) is 1. The van der Waals surface area contributed by atoms with E-state index in [0.29, 0.717) is 12.6 Å². The van der Waals surface area contributed by atoms with Gasteiger partial charge in [0.1, 0.15) is 0 Å². The molecule has 2 aromatic rings. The number of carboxylic acid groups (broad SMARTS) is 1. The first kappa shape index (κ1) is 15.0. The predicted octanol–water partition coefficient (Wildman–Crippen LogP) is 3.57. The lowest BCUT2D eigenvalue weighted by Crippen LogP contribution is -2.44. The molecule has 0 radical (unpaired) electrons. The summed E-state index contributed by atoms with van der Waals surface area (Å²) in [6.07, 6.45) is 2.76. The molecule has 1 aliphatic rings. The summed E-state index contributed by atoms with van der Waals surface area (Å²) in [7, 11) is 0. The fourth-order valence-corrected chi connectivity index (χ4v) is 3.53. The lowest BCUT2D eigenvalue weighted by molar-refractivity contribution is -0.143. The Labute approximate surface area is 131 Å². The largest absolute Gasteiger partial charge is 0.481 e. The van der Waals surface area contributed by atoms with Crippen LogP contribution in [0.15, 0.2) is 42.5 Å². The van der Waals surface area contributed by atoms with Gasteiger partial charge in [0.15, 0.2) is 0 Å². The number of aliphatic carboxylic acids is 1. The third-order valence-corrected chi connectivity index (χ3v) is 4.82. The van der Waals surface area contributed by atoms with Gasteiger partial charge in [-0.15, -0.1) is 0 Å². The number of carboxylic acids is 1. The molecule has 3 heteroatoms. The van der Waals surface area contributed by atoms with Crippen LogP contribution in [0.5, 0.6) is 0 Å². The average Bonchev–Trinajstić information content (AvgIpc) is 2.55. The molecule has 1 fully saturated rings. The van der Waals surface area contributed by atoms with Crippen molar-refractivity contribution >= 4 is 16.7 Å². The first-order valence-corrected chi connectivity index (χ1v) is 8.08. The van der Waals surface area contributed by atoms with Gasteiger partial charge in [-0.1, -0.05) is 42.5 Å². The molecule has 0 bridgehead atoms. The van der Waals surface area contributed by atoms with Gasteiger partial charge in [-0.05, 0) is 49.1 Å². The molecule has 3 rings (SSSR count). The van der Waals surface area contributed by atoms with Gasteiger partial charge in [-0.3, -0.25) is 9.69 Å². The Hall–Kier alpha value is -1.87. The van der Waals surface area contributed by atoms with Crippen molar-refractivity contribution in [3.8, 4) is 0 Å². The minimum atomic E-state index is -0.651. The van der Waals surface area contributed by atoms with Crippen molar-refractivity contribution in [2.24, 2.45) is 5.92 Å². The average molecular weight is 297 g/mol. The molecule has 0 aliphatic carbocycles. The van der Waals surface area contributed by atoms with Crippen molar-refractivity contribution in [3.63, 3.8) is 0 Å². The van der Waals surface area contributed by atoms with E-state index >= 15 is 0 Å². The van der Waals surface area contributed by atoms with E-state index in [1.165, 1.54) is 16.3 Å². The van der Waals surface area contributed by atoms with Crippen LogP contribution in [0.1, 0.15) is 25.3 Å². The van der Waals surface area contributed by atoms with E-state index in [-0.39, 0.29) is 5.92 Å². The summed E-state index contributed by atoms with van der Waals surface area (Å²) in [5.74, 6) is -0.856. The molecule has 1 N–H and O–H groups in total. The van der Waals surface area contributed by atoms with Crippen molar-refractivity contribution in [3.05, 3.63) is 48.0 Å². The summed E-state index contributed by atoms with van der Waals surface area (Å²) in [4.78, 5) is 13.6. The van der Waals surface area contributed by atoms with Crippen molar-refractivity contribution in [2.45, 2.75) is 32.2 Å². The zero-order valence-corrected chi connectivity index (χ0v) is 13.0. The Morgan fingerprint density at radius 2 is 2.05 bits per heavy atom. The Kier molecular flexibility index (Phi) is 4.44. The maximum Gasteiger partial charge on any atom is 0.307 e. The number of rotatable bonds is 4. The molecular formula is C19H23NO2. The molecule has 1 saturated heterocycles. The number of hydrogen-bond acceptors (Lipinski definition) is 2. The van der Waals surface area contributed by atoms with E-state index in [2.05, 4.69) is 54.3 Å². The van der Waals surface area contributed by atoms with Crippen LogP contribution in [-0.2, 0) is 11.2 Å². The molecule has 3 nitrogen and oxygen atoms in total. The number of carbonyl (C=O) groups is 1. The molecule has 2 unspecified atom stereocenters. The molecule has 116 valence electrons. The molecule has 0 amide bonds. The second kappa shape index (κ2) is 6.49. The molecule has 2 aromatic carbocycles. The maximum atomic E-state index is 11.2. The van der Waals surface area contributed by atoms with Gasteiger partial charge >= 0.3 is 5.97 Å². The topological polar surface area (TPSA) is 40.5 Å². The summed E-state index contributed by atoms with van der Waals surface area (Å²) >= 11 is 0. The number of hydrogen-bond donors (Lipinski definition) is 1. The zero-order valence-electron chi connectivity index (χ0n) is 13.0. The minimum absolute atomic E-state index is 0.205. The summed E-state index contributed by atoms with van der Waals surface area (Å²) < 4.78 is 0. The smallest absolute Gasteiger partial charge is 0.307 e. The normalized spacial score (nSPS) is 20.9. The van der Waals surface area contributed by atoms with Crippen LogP contribution in [0.2, 0.25) is 0 Å². The lowest BCUT2D eigenvalue weighted by Gasteiger charge is -2.35. The number of benzene rings is 2. The van der Waals surface area contributed by atoms with Gasteiger partial charge in [-0.2, -0.15) is 0 Å². The Balaban J connectivity index is 1.75. The van der Waals surface area contributed by atoms with Gasteiger partial charge in [0, 0.05) is 12.6 Å². The van der Waals surface area contributed by atoms with E-state index in [0.717, 1.165) is 25.8 Å². The van der Waals surface area contributed by atoms with Crippen LogP contribution in [-0.4, -0.2) is 35.1 Å². The highest BCUT2D eigenvalue weighted by atomic mass is 16.4. The highest BCUT2D eigenvalue weighted by molar-refractivity contribution is 5.85. The minimum Gasteiger partial charge on any atom is -0.481 e. The number of fused-ring (bicyclic) bond motifs is 1. The predicted molar refractivity (Wildman–Crippen MR) is 89.0 cm³/mol. The zero-order chi connectivity index (χ0) is 15.5. The van der Waals surface area contributed by atoms with Crippen LogP contribution >= 0.6 is 0 Å². The van der Waals surface area contributed by atoms with Gasteiger partial charge < -0.3 is 5.11 Å². The molecule has 22 heavy (non-hydrogen) atoms. The highest BCUT2D eigenvalue weighted by Gasteiger charge is 2.28. The number of likely N-dealkylation sites (tertiary alicyclic amines) is 1. The summed E-state index contributed by atoms with van der Waals surface area (Å²) in [6, 6.07) is 15.3. The molecule has 1 aliphatic heterocycles. The third kappa shape index (κ3) is 3.14. The fourth-order valence-electron chi connectivity index (χ4n) is 3.53. The highest BCUT2D eigenvalue weighted by Crippen LogP contribution is 2.24. The van der Waals surface area contributed by atoms with Crippen molar-refractivity contribution in [2.75, 3.05) is 13.1 Å². The Morgan fingerprint density at radius 1 is 1.27 bits per heavy atom. The molecular weight excluding hydrogens is 274 g/mol. The van der Waals surface area contributed by atoms with E-state index in [4.69, 9.17) is 0 Å². The Morgan fingerprint density at radius 3 is 2.86 bits per heavy atom. The molecule has 1 heterocycles. The Bertz CT molecular complexity index is 662. The first-order chi connectivity index (χ1) is 10.6. The van der Waals surface area contributed by atoms with Crippen LogP contribution in [0.25, 0.3) is 10.8 Å².